The number of H-pyrrole nitrogens is 1. The molecular weight excluding hydrogens is 690 g/mol. The molecule has 2 aromatic carbocycles. The SMILES string of the molecule is CC(C)(C)c1cc2cn(-c3ccc(CNC[C@@H](F)CN=C(N)N)cc3)c(=O)nc2[nH]1.CC(C)(C)c1ccc(C(NC2CN(C(=N)N)C2)C(F)(F)F)cc1. The van der Waals surface area contributed by atoms with Gasteiger partial charge in [-0.25, -0.2) is 9.18 Å². The molecule has 0 aliphatic carbocycles. The van der Waals surface area contributed by atoms with Crippen molar-refractivity contribution in [3.05, 3.63) is 93.7 Å². The van der Waals surface area contributed by atoms with Gasteiger partial charge in [-0.15, -0.1) is 0 Å². The molecule has 1 fully saturated rings. The van der Waals surface area contributed by atoms with Gasteiger partial charge in [0.2, 0.25) is 0 Å². The minimum Gasteiger partial charge on any atom is -0.370 e. The molecule has 5 rings (SSSR count). The highest BCUT2D eigenvalue weighted by Crippen LogP contribution is 2.35. The highest BCUT2D eigenvalue weighted by molar-refractivity contribution is 5.76. The molecule has 53 heavy (non-hydrogen) atoms. The van der Waals surface area contributed by atoms with Gasteiger partial charge < -0.3 is 32.4 Å². The van der Waals surface area contributed by atoms with Crippen molar-refractivity contribution in [3.63, 3.8) is 0 Å². The van der Waals surface area contributed by atoms with E-state index in [0.29, 0.717) is 31.0 Å². The standard InChI is InChI=1S/C21H28FN7O.C16H23F3N4/c1-21(2,3)17-8-14-12-29(20(30)28-18(14)27-17)16-6-4-13(5-7-16)9-25-10-15(22)11-26-19(23)24;1-15(2,3)11-6-4-10(5-7-11)13(16(17,18)19)22-12-8-23(9-12)14(20)21/h4-8,12,15,25H,9-11H2,1-3H3,(H4,23,24,26)(H,27,28,30);4-7,12-13,22H,8-9H2,1-3H3,(H3,20,21)/t15-;/m1./s1. The van der Waals surface area contributed by atoms with Crippen molar-refractivity contribution < 1.29 is 17.6 Å². The van der Waals surface area contributed by atoms with Crippen LogP contribution in [0.25, 0.3) is 16.7 Å². The summed E-state index contributed by atoms with van der Waals surface area (Å²) in [4.78, 5) is 25.1. The first-order chi connectivity index (χ1) is 24.6. The van der Waals surface area contributed by atoms with Crippen LogP contribution < -0.4 is 33.5 Å². The first kappa shape index (κ1) is 40.8. The lowest BCUT2D eigenvalue weighted by molar-refractivity contribution is -0.161. The third-order valence-electron chi connectivity index (χ3n) is 8.76. The molecular formula is C37H51F4N11O. The Morgan fingerprint density at radius 3 is 2.15 bits per heavy atom. The van der Waals surface area contributed by atoms with Crippen molar-refractivity contribution in [2.75, 3.05) is 26.2 Å². The summed E-state index contributed by atoms with van der Waals surface area (Å²) in [7, 11) is 0. The number of aromatic amines is 1. The van der Waals surface area contributed by atoms with E-state index >= 15 is 0 Å². The van der Waals surface area contributed by atoms with Gasteiger partial charge in [-0.3, -0.25) is 20.3 Å². The van der Waals surface area contributed by atoms with E-state index in [-0.39, 0.29) is 53.1 Å². The third-order valence-corrected chi connectivity index (χ3v) is 8.76. The van der Waals surface area contributed by atoms with E-state index in [0.717, 1.165) is 22.2 Å². The molecule has 2 aromatic heterocycles. The Kier molecular flexibility index (Phi) is 12.6. The Morgan fingerprint density at radius 1 is 1.00 bits per heavy atom. The van der Waals surface area contributed by atoms with E-state index < -0.39 is 18.4 Å². The van der Waals surface area contributed by atoms with Crippen LogP contribution in [0.5, 0.6) is 0 Å². The Balaban J connectivity index is 0.000000245. The summed E-state index contributed by atoms with van der Waals surface area (Å²) in [5.41, 5.74) is 19.7. The van der Waals surface area contributed by atoms with Crippen LogP contribution in [0.15, 0.2) is 70.6 Å². The van der Waals surface area contributed by atoms with Crippen LogP contribution in [0.1, 0.15) is 70.0 Å². The maximum Gasteiger partial charge on any atom is 0.407 e. The average molecular weight is 742 g/mol. The summed E-state index contributed by atoms with van der Waals surface area (Å²) in [5.74, 6) is -0.230. The van der Waals surface area contributed by atoms with E-state index in [1.807, 2.05) is 51.1 Å². The van der Waals surface area contributed by atoms with Crippen LogP contribution in [0.2, 0.25) is 0 Å². The molecule has 2 atom stereocenters. The van der Waals surface area contributed by atoms with E-state index in [2.05, 4.69) is 46.4 Å². The summed E-state index contributed by atoms with van der Waals surface area (Å²) < 4.78 is 55.3. The van der Waals surface area contributed by atoms with E-state index in [1.54, 1.807) is 18.3 Å². The number of hydrogen-bond acceptors (Lipinski definition) is 6. The van der Waals surface area contributed by atoms with Crippen LogP contribution in [0.3, 0.4) is 0 Å². The van der Waals surface area contributed by atoms with Gasteiger partial charge in [0.25, 0.3) is 0 Å². The van der Waals surface area contributed by atoms with Gasteiger partial charge >= 0.3 is 11.9 Å². The highest BCUT2D eigenvalue weighted by Gasteiger charge is 2.43. The summed E-state index contributed by atoms with van der Waals surface area (Å²) in [6.45, 7) is 13.6. The van der Waals surface area contributed by atoms with Gasteiger partial charge in [-0.05, 0) is 40.3 Å². The number of aromatic nitrogens is 3. The molecule has 3 heterocycles. The van der Waals surface area contributed by atoms with Crippen LogP contribution in [-0.4, -0.2) is 75.9 Å². The highest BCUT2D eigenvalue weighted by atomic mass is 19.4. The number of hydrogen-bond donors (Lipinski definition) is 7. The van der Waals surface area contributed by atoms with Crippen molar-refractivity contribution in [2.45, 2.75) is 83.3 Å². The molecule has 1 unspecified atom stereocenters. The van der Waals surface area contributed by atoms with Gasteiger partial charge in [0, 0.05) is 54.9 Å². The van der Waals surface area contributed by atoms with Crippen LogP contribution >= 0.6 is 0 Å². The zero-order valence-corrected chi connectivity index (χ0v) is 31.0. The molecule has 1 saturated heterocycles. The second kappa shape index (κ2) is 16.4. The minimum absolute atomic E-state index is 0.0644. The van der Waals surface area contributed by atoms with Gasteiger partial charge in [0.15, 0.2) is 11.9 Å². The summed E-state index contributed by atoms with van der Waals surface area (Å²) in [5, 5.41) is 13.8. The van der Waals surface area contributed by atoms with Crippen molar-refractivity contribution in [1.82, 2.24) is 30.1 Å². The van der Waals surface area contributed by atoms with Crippen molar-refractivity contribution in [3.8, 4) is 5.69 Å². The first-order valence-corrected chi connectivity index (χ1v) is 17.3. The lowest BCUT2D eigenvalue weighted by Gasteiger charge is -2.42. The maximum atomic E-state index is 13.7. The average Bonchev–Trinajstić information content (AvgIpc) is 3.46. The van der Waals surface area contributed by atoms with Crippen LogP contribution in [0.4, 0.5) is 17.6 Å². The number of alkyl halides is 4. The number of nitrogens with one attached hydrogen (secondary N) is 4. The lowest BCUT2D eigenvalue weighted by Crippen LogP contribution is -2.62. The van der Waals surface area contributed by atoms with E-state index in [4.69, 9.17) is 22.6 Å². The number of nitrogens with zero attached hydrogens (tertiary/aromatic N) is 4. The Bertz CT molecular complexity index is 1910. The third kappa shape index (κ3) is 11.3. The Labute approximate surface area is 306 Å². The fourth-order valence-corrected chi connectivity index (χ4v) is 5.57. The number of rotatable bonds is 10. The normalized spacial score (nSPS) is 14.9. The number of aliphatic imine (C=N–C) groups is 1. The number of benzene rings is 2. The van der Waals surface area contributed by atoms with E-state index in [1.165, 1.54) is 21.6 Å². The predicted molar refractivity (Wildman–Crippen MR) is 202 cm³/mol. The van der Waals surface area contributed by atoms with Crippen LogP contribution in [-0.2, 0) is 17.4 Å². The van der Waals surface area contributed by atoms with Crippen molar-refractivity contribution >= 4 is 23.0 Å². The Morgan fingerprint density at radius 2 is 1.62 bits per heavy atom. The molecule has 0 spiro atoms. The fraction of sp³-hybridized carbons (Fsp3) is 0.459. The maximum absolute atomic E-state index is 13.7. The quantitative estimate of drug-likeness (QED) is 0.0704. The zero-order chi connectivity index (χ0) is 39.3. The zero-order valence-electron chi connectivity index (χ0n) is 31.0. The summed E-state index contributed by atoms with van der Waals surface area (Å²) in [6.07, 6.45) is -3.75. The molecule has 1 aliphatic rings. The van der Waals surface area contributed by atoms with Crippen LogP contribution in [0, 0.1) is 5.41 Å². The second-order valence-electron chi connectivity index (χ2n) is 15.3. The number of halogens is 4. The van der Waals surface area contributed by atoms with E-state index in [9.17, 15) is 22.4 Å². The topological polar surface area (TPSA) is 192 Å². The van der Waals surface area contributed by atoms with Crippen molar-refractivity contribution in [1.29, 1.82) is 5.41 Å². The van der Waals surface area contributed by atoms with Crippen molar-refractivity contribution in [2.24, 2.45) is 22.2 Å². The summed E-state index contributed by atoms with van der Waals surface area (Å²) in [6, 6.07) is 14.0. The molecule has 0 radical (unpaired) electrons. The predicted octanol–water partition coefficient (Wildman–Crippen LogP) is 4.47. The lowest BCUT2D eigenvalue weighted by atomic mass is 9.86. The number of fused-ring (bicyclic) bond motifs is 1. The molecule has 0 bridgehead atoms. The van der Waals surface area contributed by atoms with Gasteiger partial charge in [-0.2, -0.15) is 18.2 Å². The number of nitrogens with two attached hydrogens (primary N) is 3. The fourth-order valence-electron chi connectivity index (χ4n) is 5.57. The molecule has 16 heteroatoms. The Hall–Kier alpha value is -4.96. The largest absolute Gasteiger partial charge is 0.407 e. The van der Waals surface area contributed by atoms with Gasteiger partial charge in [0.05, 0.1) is 12.2 Å². The molecule has 10 N–H and O–H groups in total. The smallest absolute Gasteiger partial charge is 0.370 e. The summed E-state index contributed by atoms with van der Waals surface area (Å²) >= 11 is 0. The van der Waals surface area contributed by atoms with Gasteiger partial charge in [0.1, 0.15) is 17.9 Å². The molecule has 1 aliphatic heterocycles. The minimum atomic E-state index is -4.38. The molecule has 0 saturated carbocycles. The molecule has 288 valence electrons. The molecule has 0 amide bonds. The molecule has 4 aromatic rings. The molecule has 12 nitrogen and oxygen atoms in total. The first-order valence-electron chi connectivity index (χ1n) is 17.3. The monoisotopic (exact) mass is 741 g/mol. The van der Waals surface area contributed by atoms with Gasteiger partial charge in [-0.1, -0.05) is 77.9 Å². The number of likely N-dealkylation sites (tertiary alicyclic amines) is 1. The second-order valence-corrected chi connectivity index (χ2v) is 15.3. The number of guanidine groups is 2.